The normalized spacial score (nSPS) is 19.1. The number of likely N-dealkylation sites (tertiary alicyclic amines) is 1. The van der Waals surface area contributed by atoms with E-state index >= 15 is 0 Å². The summed E-state index contributed by atoms with van der Waals surface area (Å²) in [6, 6.07) is 5.60. The van der Waals surface area contributed by atoms with Crippen molar-refractivity contribution in [2.45, 2.75) is 31.6 Å². The van der Waals surface area contributed by atoms with Gasteiger partial charge >= 0.3 is 0 Å². The van der Waals surface area contributed by atoms with E-state index in [0.29, 0.717) is 23.6 Å². The smallest absolute Gasteiger partial charge is 0.251 e. The number of nitrogens with zero attached hydrogens (tertiary/aromatic N) is 1. The van der Waals surface area contributed by atoms with Crippen molar-refractivity contribution in [3.05, 3.63) is 34.9 Å². The van der Waals surface area contributed by atoms with Gasteiger partial charge in [0.2, 0.25) is 15.9 Å². The molecule has 1 aliphatic rings. The van der Waals surface area contributed by atoms with E-state index in [1.807, 2.05) is 13.8 Å². The molecule has 138 valence electrons. The summed E-state index contributed by atoms with van der Waals surface area (Å²) >= 11 is 5.81. The topological polar surface area (TPSA) is 110 Å². The van der Waals surface area contributed by atoms with Crippen molar-refractivity contribution in [1.29, 1.82) is 0 Å². The van der Waals surface area contributed by atoms with Crippen LogP contribution in [0.15, 0.2) is 24.3 Å². The second kappa shape index (κ2) is 7.72. The van der Waals surface area contributed by atoms with Crippen molar-refractivity contribution in [3.8, 4) is 0 Å². The lowest BCUT2D eigenvalue weighted by atomic mass is 10.0. The molecule has 1 aliphatic heterocycles. The molecule has 0 unspecified atom stereocenters. The van der Waals surface area contributed by atoms with Gasteiger partial charge in [0.25, 0.3) is 5.91 Å². The molecule has 1 aromatic carbocycles. The molecule has 1 fully saturated rings. The molecule has 1 aromatic rings. The number of amides is 2. The van der Waals surface area contributed by atoms with Gasteiger partial charge in [-0.1, -0.05) is 25.4 Å². The molecule has 0 bridgehead atoms. The number of halogens is 1. The summed E-state index contributed by atoms with van der Waals surface area (Å²) in [5.74, 6) is -0.841. The summed E-state index contributed by atoms with van der Waals surface area (Å²) in [6.07, 6.45) is 0.306. The zero-order chi connectivity index (χ0) is 18.8. The number of rotatable bonds is 5. The molecule has 2 rings (SSSR count). The Kier molecular flexibility index (Phi) is 6.08. The minimum atomic E-state index is -3.68. The van der Waals surface area contributed by atoms with Crippen molar-refractivity contribution in [1.82, 2.24) is 10.2 Å². The highest BCUT2D eigenvalue weighted by atomic mass is 35.5. The van der Waals surface area contributed by atoms with Crippen LogP contribution in [0.2, 0.25) is 5.02 Å². The van der Waals surface area contributed by atoms with E-state index in [4.69, 9.17) is 16.7 Å². The Morgan fingerprint density at radius 3 is 2.36 bits per heavy atom. The Bertz CT molecular complexity index is 749. The molecule has 9 heteroatoms. The number of nitrogens with one attached hydrogen (secondary N) is 1. The third kappa shape index (κ3) is 4.93. The average Bonchev–Trinajstić information content (AvgIpc) is 3.02. The Morgan fingerprint density at radius 2 is 1.88 bits per heavy atom. The van der Waals surface area contributed by atoms with Crippen LogP contribution < -0.4 is 10.5 Å². The van der Waals surface area contributed by atoms with E-state index < -0.39 is 21.3 Å². The van der Waals surface area contributed by atoms with Crippen LogP contribution in [0, 0.1) is 5.92 Å². The zero-order valence-corrected chi connectivity index (χ0v) is 15.7. The van der Waals surface area contributed by atoms with Crippen molar-refractivity contribution in [2.75, 3.05) is 13.1 Å². The van der Waals surface area contributed by atoms with E-state index in [1.54, 1.807) is 24.3 Å². The fourth-order valence-corrected chi connectivity index (χ4v) is 3.68. The highest BCUT2D eigenvalue weighted by molar-refractivity contribution is 7.89. The van der Waals surface area contributed by atoms with E-state index in [-0.39, 0.29) is 24.3 Å². The number of hydrogen-bond donors (Lipinski definition) is 2. The number of primary sulfonamides is 1. The maximum absolute atomic E-state index is 12.7. The van der Waals surface area contributed by atoms with Gasteiger partial charge in [0.15, 0.2) is 0 Å². The van der Waals surface area contributed by atoms with Crippen LogP contribution in [0.5, 0.6) is 0 Å². The summed E-state index contributed by atoms with van der Waals surface area (Å²) in [6.45, 7) is 3.99. The summed E-state index contributed by atoms with van der Waals surface area (Å²) in [5, 5.41) is 7.65. The first-order valence-corrected chi connectivity index (χ1v) is 9.95. The molecule has 25 heavy (non-hydrogen) atoms. The Labute approximate surface area is 152 Å². The van der Waals surface area contributed by atoms with Crippen LogP contribution in [0.3, 0.4) is 0 Å². The largest absolute Gasteiger partial charge is 0.340 e. The molecule has 2 amide bonds. The molecule has 0 aliphatic carbocycles. The van der Waals surface area contributed by atoms with Crippen LogP contribution in [0.4, 0.5) is 0 Å². The standard InChI is InChI=1S/C16H22ClN3O4S/c1-10(2)14(19-15(21)11-3-5-12(17)6-4-11)16(22)20-8-7-13(9-20)25(18,23)24/h3-6,10,13-14H,7-9H2,1-2H3,(H,19,21)(H2,18,23,24)/t13-,14+/m1/s1. The number of nitrogens with two attached hydrogens (primary N) is 1. The lowest BCUT2D eigenvalue weighted by Crippen LogP contribution is -2.51. The minimum absolute atomic E-state index is 0.0533. The summed E-state index contributed by atoms with van der Waals surface area (Å²) in [5.41, 5.74) is 0.395. The summed E-state index contributed by atoms with van der Waals surface area (Å²) in [7, 11) is -3.68. The van der Waals surface area contributed by atoms with E-state index in [1.165, 1.54) is 4.90 Å². The predicted octanol–water partition coefficient (Wildman–Crippen LogP) is 0.984. The van der Waals surface area contributed by atoms with Crippen LogP contribution in [0.25, 0.3) is 0 Å². The second-order valence-electron chi connectivity index (χ2n) is 6.49. The molecule has 0 saturated carbocycles. The Morgan fingerprint density at radius 1 is 1.28 bits per heavy atom. The first kappa shape index (κ1) is 19.7. The van der Waals surface area contributed by atoms with Crippen LogP contribution in [0.1, 0.15) is 30.6 Å². The monoisotopic (exact) mass is 387 g/mol. The molecule has 2 atom stereocenters. The predicted molar refractivity (Wildman–Crippen MR) is 95.6 cm³/mol. The third-order valence-electron chi connectivity index (χ3n) is 4.25. The lowest BCUT2D eigenvalue weighted by molar-refractivity contribution is -0.133. The van der Waals surface area contributed by atoms with Crippen molar-refractivity contribution < 1.29 is 18.0 Å². The molecular formula is C16H22ClN3O4S. The third-order valence-corrected chi connectivity index (χ3v) is 5.81. The van der Waals surface area contributed by atoms with Crippen LogP contribution in [-0.4, -0.2) is 49.5 Å². The van der Waals surface area contributed by atoms with Gasteiger partial charge in [0.1, 0.15) is 6.04 Å². The maximum Gasteiger partial charge on any atom is 0.251 e. The number of benzene rings is 1. The number of sulfonamides is 1. The zero-order valence-electron chi connectivity index (χ0n) is 14.1. The van der Waals surface area contributed by atoms with Crippen molar-refractivity contribution in [3.63, 3.8) is 0 Å². The SMILES string of the molecule is CC(C)[C@H](NC(=O)c1ccc(Cl)cc1)C(=O)N1CC[C@@H](S(N)(=O)=O)C1. The van der Waals surface area contributed by atoms with Crippen LogP contribution >= 0.6 is 11.6 Å². The highest BCUT2D eigenvalue weighted by Crippen LogP contribution is 2.18. The fourth-order valence-electron chi connectivity index (χ4n) is 2.73. The molecule has 0 spiro atoms. The van der Waals surface area contributed by atoms with Gasteiger partial charge in [-0.05, 0) is 36.6 Å². The fraction of sp³-hybridized carbons (Fsp3) is 0.500. The van der Waals surface area contributed by atoms with Gasteiger partial charge in [0, 0.05) is 23.7 Å². The minimum Gasteiger partial charge on any atom is -0.340 e. The van der Waals surface area contributed by atoms with Gasteiger partial charge < -0.3 is 10.2 Å². The van der Waals surface area contributed by atoms with Crippen molar-refractivity contribution in [2.24, 2.45) is 11.1 Å². The quantitative estimate of drug-likeness (QED) is 0.784. The molecular weight excluding hydrogens is 366 g/mol. The van der Waals surface area contributed by atoms with Gasteiger partial charge in [-0.3, -0.25) is 9.59 Å². The van der Waals surface area contributed by atoms with Gasteiger partial charge in [-0.2, -0.15) is 0 Å². The van der Waals surface area contributed by atoms with Gasteiger partial charge in [-0.25, -0.2) is 13.6 Å². The second-order valence-corrected chi connectivity index (χ2v) is 8.77. The van der Waals surface area contributed by atoms with Gasteiger partial charge in [0.05, 0.1) is 5.25 Å². The highest BCUT2D eigenvalue weighted by Gasteiger charge is 2.37. The Balaban J connectivity index is 2.09. The number of carbonyl (C=O) groups excluding carboxylic acids is 2. The molecule has 0 aromatic heterocycles. The van der Waals surface area contributed by atoms with E-state index in [9.17, 15) is 18.0 Å². The maximum atomic E-state index is 12.7. The first-order chi connectivity index (χ1) is 11.6. The lowest BCUT2D eigenvalue weighted by Gasteiger charge is -2.27. The molecule has 7 nitrogen and oxygen atoms in total. The van der Waals surface area contributed by atoms with Crippen LogP contribution in [-0.2, 0) is 14.8 Å². The number of carbonyl (C=O) groups is 2. The molecule has 1 heterocycles. The summed E-state index contributed by atoms with van der Waals surface area (Å²) in [4.78, 5) is 26.6. The van der Waals surface area contributed by atoms with Gasteiger partial charge in [-0.15, -0.1) is 0 Å². The van der Waals surface area contributed by atoms with Crippen molar-refractivity contribution >= 4 is 33.4 Å². The van der Waals surface area contributed by atoms with E-state index in [2.05, 4.69) is 5.32 Å². The number of hydrogen-bond acceptors (Lipinski definition) is 4. The molecule has 0 radical (unpaired) electrons. The average molecular weight is 388 g/mol. The summed E-state index contributed by atoms with van der Waals surface area (Å²) < 4.78 is 22.9. The molecule has 1 saturated heterocycles. The first-order valence-electron chi connectivity index (χ1n) is 7.96. The Hall–Kier alpha value is -1.64. The van der Waals surface area contributed by atoms with E-state index in [0.717, 1.165) is 0 Å². The molecule has 3 N–H and O–H groups in total.